The van der Waals surface area contributed by atoms with E-state index in [0.717, 1.165) is 22.3 Å². The Hall–Kier alpha value is -3.94. The number of hydrogen-bond donors (Lipinski definition) is 0. The normalized spacial score (nSPS) is 25.1. The highest BCUT2D eigenvalue weighted by atomic mass is 16.5. The Morgan fingerprint density at radius 1 is 0.524 bits per heavy atom. The fourth-order valence-electron chi connectivity index (χ4n) is 6.70. The molecule has 0 saturated carbocycles. The van der Waals surface area contributed by atoms with Gasteiger partial charge >= 0.3 is 23.9 Å². The monoisotopic (exact) mass is 576 g/mol. The van der Waals surface area contributed by atoms with Crippen molar-refractivity contribution in [1.29, 1.82) is 0 Å². The van der Waals surface area contributed by atoms with Crippen molar-refractivity contribution >= 4 is 23.9 Å². The number of esters is 4. The largest absolute Gasteiger partial charge is 0.466 e. The minimum atomic E-state index is -0.919. The third-order valence-electron chi connectivity index (χ3n) is 8.25. The molecule has 0 fully saturated rings. The fraction of sp³-hybridized carbons (Fsp3) is 0.471. The third-order valence-corrected chi connectivity index (χ3v) is 8.25. The highest BCUT2D eigenvalue weighted by Crippen LogP contribution is 2.58. The molecule has 0 amide bonds. The van der Waals surface area contributed by atoms with Crippen molar-refractivity contribution in [2.45, 2.75) is 52.4 Å². The van der Waals surface area contributed by atoms with Crippen molar-refractivity contribution < 1.29 is 38.1 Å². The lowest BCUT2D eigenvalue weighted by molar-refractivity contribution is -0.164. The zero-order valence-corrected chi connectivity index (χ0v) is 24.7. The maximum absolute atomic E-state index is 13.9. The van der Waals surface area contributed by atoms with E-state index in [9.17, 15) is 19.2 Å². The summed E-state index contributed by atoms with van der Waals surface area (Å²) in [6, 6.07) is 19.0. The van der Waals surface area contributed by atoms with Gasteiger partial charge in [-0.15, -0.1) is 0 Å². The van der Waals surface area contributed by atoms with Crippen LogP contribution in [-0.2, 0) is 38.1 Å². The predicted octanol–water partition coefficient (Wildman–Crippen LogP) is 5.38. The van der Waals surface area contributed by atoms with Crippen LogP contribution in [0.15, 0.2) is 71.8 Å². The lowest BCUT2D eigenvalue weighted by atomic mass is 9.55. The molecule has 8 heteroatoms. The average Bonchev–Trinajstić information content (AvgIpc) is 3.00. The predicted molar refractivity (Wildman–Crippen MR) is 155 cm³/mol. The Morgan fingerprint density at radius 2 is 0.833 bits per heavy atom. The Labute approximate surface area is 247 Å². The van der Waals surface area contributed by atoms with Gasteiger partial charge in [-0.3, -0.25) is 19.2 Å². The number of hydrogen-bond acceptors (Lipinski definition) is 8. The molecule has 224 valence electrons. The van der Waals surface area contributed by atoms with Crippen LogP contribution in [0.25, 0.3) is 0 Å². The van der Waals surface area contributed by atoms with E-state index in [1.807, 2.05) is 60.7 Å². The summed E-state index contributed by atoms with van der Waals surface area (Å²) in [4.78, 5) is 54.5. The molecule has 42 heavy (non-hydrogen) atoms. The van der Waals surface area contributed by atoms with Crippen molar-refractivity contribution in [3.8, 4) is 0 Å². The smallest absolute Gasteiger partial charge is 0.310 e. The van der Waals surface area contributed by atoms with Crippen LogP contribution in [0.4, 0.5) is 0 Å². The van der Waals surface area contributed by atoms with Crippen molar-refractivity contribution in [3.05, 3.63) is 82.9 Å². The van der Waals surface area contributed by atoms with E-state index < -0.39 is 59.4 Å². The highest BCUT2D eigenvalue weighted by Gasteiger charge is 2.56. The number of carbonyl (C=O) groups is 4. The Balaban J connectivity index is 2.03. The number of benzene rings is 2. The second kappa shape index (κ2) is 14.3. The molecule has 2 aliphatic rings. The van der Waals surface area contributed by atoms with E-state index in [-0.39, 0.29) is 39.3 Å². The van der Waals surface area contributed by atoms with Crippen LogP contribution in [0.5, 0.6) is 0 Å². The molecule has 0 radical (unpaired) electrons. The fourth-order valence-corrected chi connectivity index (χ4v) is 6.70. The van der Waals surface area contributed by atoms with Gasteiger partial charge in [0.25, 0.3) is 0 Å². The molecule has 0 bridgehead atoms. The molecular weight excluding hydrogens is 536 g/mol. The van der Waals surface area contributed by atoms with Gasteiger partial charge in [0.2, 0.25) is 0 Å². The molecule has 0 unspecified atom stereocenters. The Bertz CT molecular complexity index is 1190. The zero-order chi connectivity index (χ0) is 30.2. The summed E-state index contributed by atoms with van der Waals surface area (Å²) < 4.78 is 22.1. The van der Waals surface area contributed by atoms with Crippen LogP contribution in [0.1, 0.15) is 63.5 Å². The van der Waals surface area contributed by atoms with Gasteiger partial charge in [-0.1, -0.05) is 71.8 Å². The summed E-state index contributed by atoms with van der Waals surface area (Å²) in [7, 11) is 0. The van der Waals surface area contributed by atoms with Gasteiger partial charge in [-0.05, 0) is 51.7 Å². The standard InChI is InChI=1S/C34H40O8/c1-5-39-31(35)25-19-23-24(20-26(25)32(36)40-6-2)28(22-17-13-10-14-18-22)30(34(38)42-8-4)29(33(37)41-7-3)27(23)21-15-11-9-12-16-21/h9-18,25-30H,5-8,19-20H2,1-4H3/t25-,26+,27-,28+,29-,30+. The highest BCUT2D eigenvalue weighted by molar-refractivity contribution is 5.88. The molecule has 4 rings (SSSR count). The summed E-state index contributed by atoms with van der Waals surface area (Å²) in [5, 5.41) is 0. The maximum Gasteiger partial charge on any atom is 0.310 e. The van der Waals surface area contributed by atoms with Crippen molar-refractivity contribution in [2.75, 3.05) is 26.4 Å². The molecule has 6 atom stereocenters. The maximum atomic E-state index is 13.9. The molecule has 0 N–H and O–H groups in total. The van der Waals surface area contributed by atoms with E-state index in [1.165, 1.54) is 0 Å². The van der Waals surface area contributed by atoms with Crippen LogP contribution in [0, 0.1) is 23.7 Å². The van der Waals surface area contributed by atoms with Gasteiger partial charge in [-0.25, -0.2) is 0 Å². The Kier molecular flexibility index (Phi) is 10.6. The first-order valence-corrected chi connectivity index (χ1v) is 14.9. The minimum Gasteiger partial charge on any atom is -0.466 e. The second-order valence-electron chi connectivity index (χ2n) is 10.5. The van der Waals surface area contributed by atoms with Gasteiger partial charge < -0.3 is 18.9 Å². The summed E-state index contributed by atoms with van der Waals surface area (Å²) in [6.45, 7) is 7.55. The molecule has 0 saturated heterocycles. The number of allylic oxidation sites excluding steroid dienone is 2. The molecule has 0 spiro atoms. The average molecular weight is 577 g/mol. The van der Waals surface area contributed by atoms with Gasteiger partial charge in [-0.2, -0.15) is 0 Å². The number of ether oxygens (including phenoxy) is 4. The van der Waals surface area contributed by atoms with Crippen molar-refractivity contribution in [3.63, 3.8) is 0 Å². The summed E-state index contributed by atoms with van der Waals surface area (Å²) >= 11 is 0. The lowest BCUT2D eigenvalue weighted by Crippen LogP contribution is -2.48. The van der Waals surface area contributed by atoms with Crippen LogP contribution >= 0.6 is 0 Å². The van der Waals surface area contributed by atoms with Crippen molar-refractivity contribution in [1.82, 2.24) is 0 Å². The molecule has 2 aromatic carbocycles. The van der Waals surface area contributed by atoms with Gasteiger partial charge in [0.15, 0.2) is 0 Å². The second-order valence-corrected chi connectivity index (χ2v) is 10.5. The van der Waals surface area contributed by atoms with Gasteiger partial charge in [0, 0.05) is 11.8 Å². The molecular formula is C34H40O8. The first-order chi connectivity index (χ1) is 20.4. The Morgan fingerprint density at radius 3 is 1.14 bits per heavy atom. The van der Waals surface area contributed by atoms with Crippen molar-refractivity contribution in [2.24, 2.45) is 23.7 Å². The van der Waals surface area contributed by atoms with E-state index in [1.54, 1.807) is 27.7 Å². The minimum absolute atomic E-state index is 0.144. The summed E-state index contributed by atoms with van der Waals surface area (Å²) in [5.74, 6) is -6.55. The number of carbonyl (C=O) groups excluding carboxylic acids is 4. The first-order valence-electron chi connectivity index (χ1n) is 14.9. The van der Waals surface area contributed by atoms with Gasteiger partial charge in [0.05, 0.1) is 50.1 Å². The van der Waals surface area contributed by atoms with Crippen LogP contribution in [0.3, 0.4) is 0 Å². The zero-order valence-electron chi connectivity index (χ0n) is 24.7. The topological polar surface area (TPSA) is 105 Å². The molecule has 8 nitrogen and oxygen atoms in total. The molecule has 0 heterocycles. The van der Waals surface area contributed by atoms with E-state index >= 15 is 0 Å². The van der Waals surface area contributed by atoms with Crippen LogP contribution in [0.2, 0.25) is 0 Å². The third kappa shape index (κ3) is 6.27. The number of rotatable bonds is 10. The molecule has 2 aliphatic carbocycles. The first kappa shape index (κ1) is 31.0. The van der Waals surface area contributed by atoms with E-state index in [4.69, 9.17) is 18.9 Å². The molecule has 0 aromatic heterocycles. The molecule has 0 aliphatic heterocycles. The summed E-state index contributed by atoms with van der Waals surface area (Å²) in [5.41, 5.74) is 3.35. The van der Waals surface area contributed by atoms with Crippen LogP contribution < -0.4 is 0 Å². The SMILES string of the molecule is CCOC(=O)[C@@H]1[C@H](C(=O)OCC)[C@H](c2ccccc2)C2=C(C[C@H](C(=O)OCC)[C@H](C(=O)OCC)C2)[C@@H]1c1ccccc1. The van der Waals surface area contributed by atoms with Gasteiger partial charge in [0.1, 0.15) is 0 Å². The lowest BCUT2D eigenvalue weighted by Gasteiger charge is -2.47. The van der Waals surface area contributed by atoms with Crippen LogP contribution in [-0.4, -0.2) is 50.3 Å². The van der Waals surface area contributed by atoms with E-state index in [2.05, 4.69) is 0 Å². The van der Waals surface area contributed by atoms with E-state index in [0.29, 0.717) is 0 Å². The molecule has 2 aromatic rings. The quantitative estimate of drug-likeness (QED) is 0.211. The summed E-state index contributed by atoms with van der Waals surface area (Å²) in [6.07, 6.45) is 0.373.